The van der Waals surface area contributed by atoms with Crippen LogP contribution in [0.15, 0.2) is 60.7 Å². The van der Waals surface area contributed by atoms with Crippen LogP contribution >= 0.6 is 11.6 Å². The smallest absolute Gasteiger partial charge is 0.256 e. The summed E-state index contributed by atoms with van der Waals surface area (Å²) in [6, 6.07) is 19.1. The lowest BCUT2D eigenvalue weighted by Gasteiger charge is -2.14. The van der Waals surface area contributed by atoms with Gasteiger partial charge in [-0.25, -0.2) is 4.98 Å². The molecular formula is C26H23ClN2O2. The standard InChI is InChI=1S/C26H23ClN2O2/c1-15-10-17(3)25-21(11-15)22(26(30)29-23-13-19(27)9-8-16(23)2)14-24(28-25)18-6-5-7-20(12-18)31-4/h5-14H,1-4H3,(H,29,30). The van der Waals surface area contributed by atoms with Gasteiger partial charge in [0.25, 0.3) is 5.91 Å². The molecule has 1 heterocycles. The summed E-state index contributed by atoms with van der Waals surface area (Å²) in [5.41, 5.74) is 6.70. The molecule has 1 N–H and O–H groups in total. The molecule has 4 rings (SSSR count). The number of carbonyl (C=O) groups is 1. The second kappa shape index (κ2) is 8.40. The normalized spacial score (nSPS) is 10.9. The predicted molar refractivity (Wildman–Crippen MR) is 127 cm³/mol. The van der Waals surface area contributed by atoms with Gasteiger partial charge in [-0.3, -0.25) is 4.79 Å². The van der Waals surface area contributed by atoms with E-state index < -0.39 is 0 Å². The van der Waals surface area contributed by atoms with Gasteiger partial charge in [0.05, 0.1) is 23.9 Å². The number of carbonyl (C=O) groups excluding carboxylic acids is 1. The van der Waals surface area contributed by atoms with Gasteiger partial charge in [0.2, 0.25) is 0 Å². The summed E-state index contributed by atoms with van der Waals surface area (Å²) in [5, 5.41) is 4.42. The first-order chi connectivity index (χ1) is 14.9. The molecule has 156 valence electrons. The number of nitrogens with zero attached hydrogens (tertiary/aromatic N) is 1. The Labute approximate surface area is 186 Å². The minimum atomic E-state index is -0.202. The molecule has 1 aromatic heterocycles. The van der Waals surface area contributed by atoms with Gasteiger partial charge < -0.3 is 10.1 Å². The molecule has 31 heavy (non-hydrogen) atoms. The van der Waals surface area contributed by atoms with Gasteiger partial charge in [0.15, 0.2) is 0 Å². The van der Waals surface area contributed by atoms with Crippen LogP contribution in [0.3, 0.4) is 0 Å². The van der Waals surface area contributed by atoms with E-state index in [1.54, 1.807) is 13.2 Å². The van der Waals surface area contributed by atoms with E-state index in [4.69, 9.17) is 21.3 Å². The molecule has 0 aliphatic rings. The summed E-state index contributed by atoms with van der Waals surface area (Å²) in [7, 11) is 1.63. The van der Waals surface area contributed by atoms with E-state index in [1.165, 1.54) is 0 Å². The number of anilines is 1. The van der Waals surface area contributed by atoms with E-state index in [2.05, 4.69) is 11.4 Å². The van der Waals surface area contributed by atoms with Crippen LogP contribution in [0.5, 0.6) is 5.75 Å². The third-order valence-corrected chi connectivity index (χ3v) is 5.54. The third-order valence-electron chi connectivity index (χ3n) is 5.31. The van der Waals surface area contributed by atoms with E-state index >= 15 is 0 Å². The summed E-state index contributed by atoms with van der Waals surface area (Å²) < 4.78 is 5.36. The molecule has 3 aromatic carbocycles. The average molecular weight is 431 g/mol. The molecular weight excluding hydrogens is 408 g/mol. The SMILES string of the molecule is COc1cccc(-c2cc(C(=O)Nc3cc(Cl)ccc3C)c3cc(C)cc(C)c3n2)c1. The van der Waals surface area contributed by atoms with Crippen LogP contribution in [0.1, 0.15) is 27.0 Å². The number of methoxy groups -OCH3 is 1. The van der Waals surface area contributed by atoms with Gasteiger partial charge in [-0.15, -0.1) is 0 Å². The first-order valence-electron chi connectivity index (χ1n) is 9.99. The summed E-state index contributed by atoms with van der Waals surface area (Å²) >= 11 is 6.14. The van der Waals surface area contributed by atoms with Gasteiger partial charge in [-0.05, 0) is 68.3 Å². The summed E-state index contributed by atoms with van der Waals surface area (Å²) in [5.74, 6) is 0.535. The first-order valence-corrected chi connectivity index (χ1v) is 10.4. The summed E-state index contributed by atoms with van der Waals surface area (Å²) in [6.07, 6.45) is 0. The number of halogens is 1. The van der Waals surface area contributed by atoms with Crippen LogP contribution in [0.4, 0.5) is 5.69 Å². The van der Waals surface area contributed by atoms with Crippen molar-refractivity contribution in [2.45, 2.75) is 20.8 Å². The molecule has 0 bridgehead atoms. The van der Waals surface area contributed by atoms with E-state index in [0.29, 0.717) is 22.0 Å². The second-order valence-electron chi connectivity index (χ2n) is 7.68. The number of hydrogen-bond acceptors (Lipinski definition) is 3. The van der Waals surface area contributed by atoms with Gasteiger partial charge in [0.1, 0.15) is 5.75 Å². The maximum absolute atomic E-state index is 13.4. The molecule has 0 radical (unpaired) electrons. The van der Waals surface area contributed by atoms with E-state index in [-0.39, 0.29) is 5.91 Å². The number of amides is 1. The van der Waals surface area contributed by atoms with E-state index in [1.807, 2.05) is 69.3 Å². The van der Waals surface area contributed by atoms with Crippen molar-refractivity contribution < 1.29 is 9.53 Å². The molecule has 5 heteroatoms. The van der Waals surface area contributed by atoms with Crippen molar-refractivity contribution in [3.05, 3.63) is 87.9 Å². The monoisotopic (exact) mass is 430 g/mol. The fourth-order valence-corrected chi connectivity index (χ4v) is 3.89. The largest absolute Gasteiger partial charge is 0.497 e. The predicted octanol–water partition coefficient (Wildman–Crippen LogP) is 6.74. The minimum Gasteiger partial charge on any atom is -0.497 e. The molecule has 1 amide bonds. The molecule has 4 nitrogen and oxygen atoms in total. The van der Waals surface area contributed by atoms with E-state index in [9.17, 15) is 4.79 Å². The second-order valence-corrected chi connectivity index (χ2v) is 8.11. The van der Waals surface area contributed by atoms with Gasteiger partial charge in [-0.2, -0.15) is 0 Å². The lowest BCUT2D eigenvalue weighted by Crippen LogP contribution is -2.14. The number of hydrogen-bond donors (Lipinski definition) is 1. The first kappa shape index (κ1) is 20.9. The van der Waals surface area contributed by atoms with Crippen LogP contribution in [0, 0.1) is 20.8 Å². The average Bonchev–Trinajstić information content (AvgIpc) is 2.75. The van der Waals surface area contributed by atoms with Crippen molar-refractivity contribution in [3.63, 3.8) is 0 Å². The fraction of sp³-hybridized carbons (Fsp3) is 0.154. The Balaban J connectivity index is 1.89. The molecule has 0 unspecified atom stereocenters. The van der Waals surface area contributed by atoms with Crippen molar-refractivity contribution in [2.75, 3.05) is 12.4 Å². The van der Waals surface area contributed by atoms with Gasteiger partial charge in [0, 0.05) is 21.7 Å². The number of aryl methyl sites for hydroxylation is 3. The maximum Gasteiger partial charge on any atom is 0.256 e. The Morgan fingerprint density at radius 2 is 1.77 bits per heavy atom. The Hall–Kier alpha value is -3.37. The lowest BCUT2D eigenvalue weighted by molar-refractivity contribution is 0.102. The van der Waals surface area contributed by atoms with Crippen molar-refractivity contribution >= 4 is 34.1 Å². The fourth-order valence-electron chi connectivity index (χ4n) is 3.72. The lowest BCUT2D eigenvalue weighted by atomic mass is 9.99. The van der Waals surface area contributed by atoms with Crippen molar-refractivity contribution in [3.8, 4) is 17.0 Å². The number of fused-ring (bicyclic) bond motifs is 1. The van der Waals surface area contributed by atoms with Crippen LogP contribution in [-0.2, 0) is 0 Å². The summed E-state index contributed by atoms with van der Waals surface area (Å²) in [6.45, 7) is 5.97. The highest BCUT2D eigenvalue weighted by Gasteiger charge is 2.17. The van der Waals surface area contributed by atoms with E-state index in [0.717, 1.165) is 38.9 Å². The van der Waals surface area contributed by atoms with Crippen LogP contribution < -0.4 is 10.1 Å². The number of benzene rings is 3. The number of nitrogens with one attached hydrogen (secondary N) is 1. The maximum atomic E-state index is 13.4. The zero-order valence-corrected chi connectivity index (χ0v) is 18.7. The van der Waals surface area contributed by atoms with Crippen LogP contribution in [-0.4, -0.2) is 18.0 Å². The Kier molecular flexibility index (Phi) is 5.66. The number of rotatable bonds is 4. The molecule has 0 saturated carbocycles. The molecule has 4 aromatic rings. The van der Waals surface area contributed by atoms with Crippen LogP contribution in [0.25, 0.3) is 22.2 Å². The van der Waals surface area contributed by atoms with Gasteiger partial charge >= 0.3 is 0 Å². The summed E-state index contributed by atoms with van der Waals surface area (Å²) in [4.78, 5) is 18.3. The number of pyridine rings is 1. The molecule has 0 spiro atoms. The highest BCUT2D eigenvalue weighted by atomic mass is 35.5. The molecule has 0 saturated heterocycles. The minimum absolute atomic E-state index is 0.202. The van der Waals surface area contributed by atoms with Gasteiger partial charge in [-0.1, -0.05) is 41.4 Å². The molecule has 0 aliphatic carbocycles. The topological polar surface area (TPSA) is 51.2 Å². The quantitative estimate of drug-likeness (QED) is 0.390. The highest BCUT2D eigenvalue weighted by molar-refractivity contribution is 6.31. The van der Waals surface area contributed by atoms with Crippen molar-refractivity contribution in [1.82, 2.24) is 4.98 Å². The molecule has 0 fully saturated rings. The zero-order chi connectivity index (χ0) is 22.1. The van der Waals surface area contributed by atoms with Crippen molar-refractivity contribution in [1.29, 1.82) is 0 Å². The molecule has 0 aliphatic heterocycles. The van der Waals surface area contributed by atoms with Crippen molar-refractivity contribution in [2.24, 2.45) is 0 Å². The third kappa shape index (κ3) is 4.25. The number of aromatic nitrogens is 1. The zero-order valence-electron chi connectivity index (χ0n) is 17.9. The highest BCUT2D eigenvalue weighted by Crippen LogP contribution is 2.30. The number of ether oxygens (including phenoxy) is 1. The Morgan fingerprint density at radius 3 is 2.55 bits per heavy atom. The Bertz CT molecular complexity index is 1310. The van der Waals surface area contributed by atoms with Crippen LogP contribution in [0.2, 0.25) is 5.02 Å². The Morgan fingerprint density at radius 1 is 0.968 bits per heavy atom. The molecule has 0 atom stereocenters.